The summed E-state index contributed by atoms with van der Waals surface area (Å²) in [6.45, 7) is 0.680. The second-order valence-corrected chi connectivity index (χ2v) is 6.26. The van der Waals surface area contributed by atoms with Crippen molar-refractivity contribution >= 4 is 15.9 Å². The Morgan fingerprint density at radius 2 is 1.83 bits per heavy atom. The molecule has 118 valence electrons. The van der Waals surface area contributed by atoms with Crippen molar-refractivity contribution in [3.8, 4) is 22.8 Å². The molecule has 2 aromatic heterocycles. The molecule has 2 aromatic carbocycles. The molecule has 4 aromatic rings. The van der Waals surface area contributed by atoms with E-state index in [2.05, 4.69) is 31.2 Å². The summed E-state index contributed by atoms with van der Waals surface area (Å²) in [7, 11) is 0. The first-order valence-corrected chi connectivity index (χ1v) is 8.24. The van der Waals surface area contributed by atoms with Crippen LogP contribution in [0.3, 0.4) is 0 Å². The molecule has 0 atom stereocenters. The third-order valence-electron chi connectivity index (χ3n) is 3.58. The molecular weight excluding hydrogens is 368 g/mol. The quantitative estimate of drug-likeness (QED) is 0.526. The number of nitrogens with zero attached hydrogens (tertiary/aromatic N) is 4. The highest BCUT2D eigenvalue weighted by Gasteiger charge is 2.11. The first kappa shape index (κ1) is 14.8. The van der Waals surface area contributed by atoms with E-state index in [4.69, 9.17) is 4.52 Å². The van der Waals surface area contributed by atoms with E-state index < -0.39 is 0 Å². The first-order chi connectivity index (χ1) is 11.8. The van der Waals surface area contributed by atoms with Gasteiger partial charge in [0.25, 0.3) is 5.89 Å². The normalized spacial score (nSPS) is 10.9. The Labute approximate surface area is 147 Å². The summed E-state index contributed by atoms with van der Waals surface area (Å²) in [5.41, 5.74) is 2.95. The van der Waals surface area contributed by atoms with Gasteiger partial charge in [-0.05, 0) is 33.6 Å². The Bertz CT molecular complexity index is 962. The second-order valence-electron chi connectivity index (χ2n) is 5.35. The minimum Gasteiger partial charge on any atom is -0.334 e. The highest BCUT2D eigenvalue weighted by molar-refractivity contribution is 9.10. The highest BCUT2D eigenvalue weighted by atomic mass is 79.9. The number of hydrogen-bond acceptors (Lipinski definition) is 4. The Morgan fingerprint density at radius 1 is 1.00 bits per heavy atom. The number of hydrogen-bond donors (Lipinski definition) is 0. The van der Waals surface area contributed by atoms with E-state index in [1.807, 2.05) is 65.5 Å². The van der Waals surface area contributed by atoms with Crippen LogP contribution in [0.5, 0.6) is 0 Å². The molecule has 0 aliphatic rings. The van der Waals surface area contributed by atoms with Gasteiger partial charge in [0.05, 0.1) is 17.2 Å². The number of halogens is 1. The lowest BCUT2D eigenvalue weighted by atomic mass is 10.1. The molecule has 0 unspecified atom stereocenters. The van der Waals surface area contributed by atoms with Crippen molar-refractivity contribution in [3.63, 3.8) is 0 Å². The summed E-state index contributed by atoms with van der Waals surface area (Å²) in [5.74, 6) is 1.10. The standard InChI is InChI=1S/C18H13BrN4O/c19-16-10-20-23(12-16)11-13-5-4-8-15(9-13)18-21-17(22-24-18)14-6-2-1-3-7-14/h1-10,12H,11H2. The average molecular weight is 381 g/mol. The van der Waals surface area contributed by atoms with Crippen molar-refractivity contribution in [2.75, 3.05) is 0 Å². The lowest BCUT2D eigenvalue weighted by molar-refractivity contribution is 0.432. The van der Waals surface area contributed by atoms with E-state index >= 15 is 0 Å². The summed E-state index contributed by atoms with van der Waals surface area (Å²) in [4.78, 5) is 4.50. The third-order valence-corrected chi connectivity index (χ3v) is 3.99. The van der Waals surface area contributed by atoms with Gasteiger partial charge in [-0.1, -0.05) is 47.6 Å². The average Bonchev–Trinajstić information content (AvgIpc) is 3.25. The molecule has 0 saturated carbocycles. The van der Waals surface area contributed by atoms with Crippen LogP contribution in [-0.4, -0.2) is 19.9 Å². The largest absolute Gasteiger partial charge is 0.334 e. The Hall–Kier alpha value is -2.73. The van der Waals surface area contributed by atoms with Crippen LogP contribution >= 0.6 is 15.9 Å². The van der Waals surface area contributed by atoms with Crippen molar-refractivity contribution in [2.24, 2.45) is 0 Å². The van der Waals surface area contributed by atoms with Crippen LogP contribution < -0.4 is 0 Å². The van der Waals surface area contributed by atoms with Gasteiger partial charge in [-0.3, -0.25) is 4.68 Å². The minimum absolute atomic E-state index is 0.511. The van der Waals surface area contributed by atoms with Gasteiger partial charge < -0.3 is 4.52 Å². The smallest absolute Gasteiger partial charge is 0.258 e. The Balaban J connectivity index is 1.61. The van der Waals surface area contributed by atoms with E-state index in [9.17, 15) is 0 Å². The molecule has 0 N–H and O–H groups in total. The first-order valence-electron chi connectivity index (χ1n) is 7.44. The van der Waals surface area contributed by atoms with Crippen LogP contribution in [0.1, 0.15) is 5.56 Å². The van der Waals surface area contributed by atoms with Gasteiger partial charge in [-0.15, -0.1) is 0 Å². The molecule has 0 aliphatic heterocycles. The fourth-order valence-corrected chi connectivity index (χ4v) is 2.79. The summed E-state index contributed by atoms with van der Waals surface area (Å²) in [6, 6.07) is 17.8. The van der Waals surface area contributed by atoms with E-state index in [1.54, 1.807) is 6.20 Å². The predicted octanol–water partition coefficient (Wildman–Crippen LogP) is 4.41. The zero-order valence-corrected chi connectivity index (χ0v) is 14.2. The number of aromatic nitrogens is 4. The van der Waals surface area contributed by atoms with Gasteiger partial charge in [0.1, 0.15) is 0 Å². The zero-order valence-electron chi connectivity index (χ0n) is 12.6. The molecular formula is C18H13BrN4O. The van der Waals surface area contributed by atoms with Gasteiger partial charge in [0.15, 0.2) is 0 Å². The maximum Gasteiger partial charge on any atom is 0.258 e. The molecule has 0 amide bonds. The zero-order chi connectivity index (χ0) is 16.4. The van der Waals surface area contributed by atoms with Gasteiger partial charge in [-0.2, -0.15) is 10.1 Å². The molecule has 0 bridgehead atoms. The fraction of sp³-hybridized carbons (Fsp3) is 0.0556. The molecule has 4 rings (SSSR count). The van der Waals surface area contributed by atoms with Gasteiger partial charge in [0.2, 0.25) is 5.82 Å². The lowest BCUT2D eigenvalue weighted by Gasteiger charge is -2.03. The van der Waals surface area contributed by atoms with Crippen LogP contribution in [0.25, 0.3) is 22.8 Å². The van der Waals surface area contributed by atoms with Crippen molar-refractivity contribution in [1.82, 2.24) is 19.9 Å². The van der Waals surface area contributed by atoms with Crippen LogP contribution in [0.2, 0.25) is 0 Å². The van der Waals surface area contributed by atoms with Crippen molar-refractivity contribution in [1.29, 1.82) is 0 Å². The van der Waals surface area contributed by atoms with Crippen LogP contribution in [-0.2, 0) is 6.54 Å². The highest BCUT2D eigenvalue weighted by Crippen LogP contribution is 2.23. The molecule has 5 nitrogen and oxygen atoms in total. The van der Waals surface area contributed by atoms with Crippen molar-refractivity contribution in [3.05, 3.63) is 77.0 Å². The Morgan fingerprint density at radius 3 is 2.62 bits per heavy atom. The second kappa shape index (κ2) is 6.41. The van der Waals surface area contributed by atoms with E-state index in [-0.39, 0.29) is 0 Å². The summed E-state index contributed by atoms with van der Waals surface area (Å²) < 4.78 is 8.25. The molecule has 0 spiro atoms. The minimum atomic E-state index is 0.511. The molecule has 2 heterocycles. The monoisotopic (exact) mass is 380 g/mol. The predicted molar refractivity (Wildman–Crippen MR) is 94.2 cm³/mol. The summed E-state index contributed by atoms with van der Waals surface area (Å²) >= 11 is 3.41. The molecule has 6 heteroatoms. The van der Waals surface area contributed by atoms with Crippen LogP contribution in [0, 0.1) is 0 Å². The molecule has 0 radical (unpaired) electrons. The summed E-state index contributed by atoms with van der Waals surface area (Å²) in [5, 5.41) is 8.35. The Kier molecular flexibility index (Phi) is 3.96. The van der Waals surface area contributed by atoms with E-state index in [0.717, 1.165) is 21.2 Å². The van der Waals surface area contributed by atoms with E-state index in [0.29, 0.717) is 18.3 Å². The lowest BCUT2D eigenvalue weighted by Crippen LogP contribution is -1.99. The SMILES string of the molecule is Brc1cnn(Cc2cccc(-c3nc(-c4ccccc4)no3)c2)c1. The van der Waals surface area contributed by atoms with E-state index in [1.165, 1.54) is 0 Å². The third kappa shape index (κ3) is 3.14. The van der Waals surface area contributed by atoms with Crippen LogP contribution in [0.4, 0.5) is 0 Å². The molecule has 0 saturated heterocycles. The molecule has 0 aliphatic carbocycles. The maximum atomic E-state index is 5.42. The molecule has 0 fully saturated rings. The number of rotatable bonds is 4. The molecule has 24 heavy (non-hydrogen) atoms. The van der Waals surface area contributed by atoms with Crippen LogP contribution in [0.15, 0.2) is 76.0 Å². The number of benzene rings is 2. The van der Waals surface area contributed by atoms with Gasteiger partial charge >= 0.3 is 0 Å². The van der Waals surface area contributed by atoms with Gasteiger partial charge in [0, 0.05) is 17.3 Å². The summed E-state index contributed by atoms with van der Waals surface area (Å²) in [6.07, 6.45) is 3.71. The van der Waals surface area contributed by atoms with Crippen molar-refractivity contribution in [2.45, 2.75) is 6.54 Å². The maximum absolute atomic E-state index is 5.42. The fourth-order valence-electron chi connectivity index (χ4n) is 2.46. The van der Waals surface area contributed by atoms with Gasteiger partial charge in [-0.25, -0.2) is 0 Å². The topological polar surface area (TPSA) is 56.7 Å². The van der Waals surface area contributed by atoms with Crippen molar-refractivity contribution < 1.29 is 4.52 Å².